The van der Waals surface area contributed by atoms with Gasteiger partial charge in [-0.2, -0.15) is 0 Å². The predicted octanol–water partition coefficient (Wildman–Crippen LogP) is 3.01. The molecule has 0 unspecified atom stereocenters. The van der Waals surface area contributed by atoms with Crippen LogP contribution < -0.4 is 9.47 Å². The van der Waals surface area contributed by atoms with E-state index in [-0.39, 0.29) is 5.91 Å². The van der Waals surface area contributed by atoms with E-state index in [1.165, 1.54) is 0 Å². The summed E-state index contributed by atoms with van der Waals surface area (Å²) in [6.07, 6.45) is 3.33. The van der Waals surface area contributed by atoms with E-state index >= 15 is 0 Å². The number of amides is 1. The summed E-state index contributed by atoms with van der Waals surface area (Å²) in [5, 5.41) is 0. The van der Waals surface area contributed by atoms with Gasteiger partial charge in [0.2, 0.25) is 0 Å². The van der Waals surface area contributed by atoms with Gasteiger partial charge in [-0.05, 0) is 23.8 Å². The lowest BCUT2D eigenvalue weighted by molar-refractivity contribution is -0.121. The topological polar surface area (TPSA) is 51.1 Å². The fourth-order valence-corrected chi connectivity index (χ4v) is 2.71. The zero-order valence-electron chi connectivity index (χ0n) is 14.3. The first kappa shape index (κ1) is 16.8. The van der Waals surface area contributed by atoms with E-state index in [2.05, 4.69) is 4.99 Å². The molecule has 5 nitrogen and oxygen atoms in total. The second kappa shape index (κ2) is 7.66. The van der Waals surface area contributed by atoms with Crippen molar-refractivity contribution in [1.82, 2.24) is 4.90 Å². The molecule has 0 saturated carbocycles. The maximum Gasteiger partial charge on any atom is 0.252 e. The molecule has 0 atom stereocenters. The maximum atomic E-state index is 12.6. The largest absolute Gasteiger partial charge is 0.493 e. The molecule has 1 aliphatic rings. The van der Waals surface area contributed by atoms with Gasteiger partial charge >= 0.3 is 0 Å². The minimum atomic E-state index is -0.0881. The molecule has 0 fully saturated rings. The van der Waals surface area contributed by atoms with Crippen molar-refractivity contribution in [3.63, 3.8) is 0 Å². The van der Waals surface area contributed by atoms with Gasteiger partial charge in [0, 0.05) is 18.2 Å². The van der Waals surface area contributed by atoms with Crippen molar-refractivity contribution in [2.75, 3.05) is 27.3 Å². The van der Waals surface area contributed by atoms with E-state index in [1.54, 1.807) is 31.3 Å². The molecule has 0 aliphatic carbocycles. The summed E-state index contributed by atoms with van der Waals surface area (Å²) in [6, 6.07) is 15.3. The van der Waals surface area contributed by atoms with E-state index < -0.39 is 0 Å². The summed E-state index contributed by atoms with van der Waals surface area (Å²) in [5.74, 6) is 1.92. The number of amidine groups is 1. The normalized spacial score (nSPS) is 13.8. The molecule has 0 aromatic heterocycles. The molecule has 1 heterocycles. The molecule has 2 aromatic rings. The van der Waals surface area contributed by atoms with Gasteiger partial charge in [0.25, 0.3) is 5.91 Å². The van der Waals surface area contributed by atoms with Gasteiger partial charge in [-0.15, -0.1) is 0 Å². The highest BCUT2D eigenvalue weighted by molar-refractivity contribution is 6.12. The summed E-state index contributed by atoms with van der Waals surface area (Å²) in [5.41, 5.74) is 1.82. The van der Waals surface area contributed by atoms with Crippen molar-refractivity contribution in [3.8, 4) is 11.5 Å². The lowest BCUT2D eigenvalue weighted by atomic mass is 10.1. The zero-order valence-corrected chi connectivity index (χ0v) is 14.3. The van der Waals surface area contributed by atoms with Crippen molar-refractivity contribution in [3.05, 3.63) is 65.7 Å². The SMILES string of the molecule is COc1ccc(/C=C/C(=O)N2CCN=C2c2ccccc2)cc1OC. The molecule has 5 heteroatoms. The molecule has 0 saturated heterocycles. The Morgan fingerprint density at radius 1 is 1.08 bits per heavy atom. The lowest BCUT2D eigenvalue weighted by Gasteiger charge is -2.16. The molecule has 1 aliphatic heterocycles. The van der Waals surface area contributed by atoms with Crippen LogP contribution in [0.2, 0.25) is 0 Å². The number of ether oxygens (including phenoxy) is 2. The monoisotopic (exact) mass is 336 g/mol. The van der Waals surface area contributed by atoms with Crippen molar-refractivity contribution >= 4 is 17.8 Å². The second-order valence-electron chi connectivity index (χ2n) is 5.51. The molecule has 0 bridgehead atoms. The van der Waals surface area contributed by atoms with Gasteiger partial charge in [-0.3, -0.25) is 14.7 Å². The Bertz CT molecular complexity index is 813. The Labute approximate surface area is 147 Å². The van der Waals surface area contributed by atoms with Crippen LogP contribution in [-0.4, -0.2) is 44.0 Å². The first-order valence-electron chi connectivity index (χ1n) is 8.04. The number of methoxy groups -OCH3 is 2. The number of carbonyl (C=O) groups is 1. The van der Waals surface area contributed by atoms with Gasteiger partial charge in [0.05, 0.1) is 20.8 Å². The Balaban J connectivity index is 1.76. The quantitative estimate of drug-likeness (QED) is 0.789. The van der Waals surface area contributed by atoms with Gasteiger partial charge < -0.3 is 9.47 Å². The number of hydrogen-bond acceptors (Lipinski definition) is 4. The van der Waals surface area contributed by atoms with Gasteiger partial charge in [-0.1, -0.05) is 36.4 Å². The fourth-order valence-electron chi connectivity index (χ4n) is 2.71. The number of aliphatic imine (C=N–C) groups is 1. The minimum absolute atomic E-state index is 0.0881. The van der Waals surface area contributed by atoms with E-state index in [0.717, 1.165) is 17.0 Å². The highest BCUT2D eigenvalue weighted by Crippen LogP contribution is 2.28. The summed E-state index contributed by atoms with van der Waals surface area (Å²) < 4.78 is 10.5. The summed E-state index contributed by atoms with van der Waals surface area (Å²) >= 11 is 0. The van der Waals surface area contributed by atoms with Crippen LogP contribution >= 0.6 is 0 Å². The van der Waals surface area contributed by atoms with Crippen LogP contribution in [0.5, 0.6) is 11.5 Å². The van der Waals surface area contributed by atoms with Crippen LogP contribution in [0.25, 0.3) is 6.08 Å². The number of rotatable bonds is 5. The summed E-state index contributed by atoms with van der Waals surface area (Å²) in [4.78, 5) is 18.7. The standard InChI is InChI=1S/C20H20N2O3/c1-24-17-10-8-15(14-18(17)25-2)9-11-19(23)22-13-12-21-20(22)16-6-4-3-5-7-16/h3-11,14H,12-13H2,1-2H3/b11-9+. The molecule has 3 rings (SSSR count). The third kappa shape index (κ3) is 3.71. The van der Waals surface area contributed by atoms with E-state index in [4.69, 9.17) is 9.47 Å². The molecule has 0 radical (unpaired) electrons. The van der Waals surface area contributed by atoms with Crippen molar-refractivity contribution in [2.45, 2.75) is 0 Å². The number of carbonyl (C=O) groups excluding carboxylic acids is 1. The second-order valence-corrected chi connectivity index (χ2v) is 5.51. The van der Waals surface area contributed by atoms with Crippen molar-refractivity contribution < 1.29 is 14.3 Å². The van der Waals surface area contributed by atoms with E-state index in [0.29, 0.717) is 24.6 Å². The summed E-state index contributed by atoms with van der Waals surface area (Å²) in [6.45, 7) is 1.22. The lowest BCUT2D eigenvalue weighted by Crippen LogP contribution is -2.33. The van der Waals surface area contributed by atoms with E-state index in [1.807, 2.05) is 48.5 Å². The Morgan fingerprint density at radius 2 is 1.84 bits per heavy atom. The van der Waals surface area contributed by atoms with Crippen LogP contribution in [0, 0.1) is 0 Å². The highest BCUT2D eigenvalue weighted by Gasteiger charge is 2.22. The number of nitrogens with zero attached hydrogens (tertiary/aromatic N) is 2. The van der Waals surface area contributed by atoms with E-state index in [9.17, 15) is 4.79 Å². The molecular formula is C20H20N2O3. The van der Waals surface area contributed by atoms with Crippen LogP contribution in [0.3, 0.4) is 0 Å². The minimum Gasteiger partial charge on any atom is -0.493 e. The zero-order chi connectivity index (χ0) is 17.6. The van der Waals surface area contributed by atoms with Crippen LogP contribution in [-0.2, 0) is 4.79 Å². The van der Waals surface area contributed by atoms with Gasteiger partial charge in [0.15, 0.2) is 11.5 Å². The molecular weight excluding hydrogens is 316 g/mol. The fraction of sp³-hybridized carbons (Fsp3) is 0.200. The molecule has 0 N–H and O–H groups in total. The van der Waals surface area contributed by atoms with Crippen LogP contribution in [0.15, 0.2) is 59.6 Å². The first-order valence-corrected chi connectivity index (χ1v) is 8.04. The third-order valence-electron chi connectivity index (χ3n) is 3.96. The third-order valence-corrected chi connectivity index (χ3v) is 3.96. The molecule has 1 amide bonds. The maximum absolute atomic E-state index is 12.6. The van der Waals surface area contributed by atoms with Gasteiger partial charge in [-0.25, -0.2) is 0 Å². The first-order chi connectivity index (χ1) is 12.2. The molecule has 0 spiro atoms. The Hall–Kier alpha value is -3.08. The van der Waals surface area contributed by atoms with Crippen LogP contribution in [0.4, 0.5) is 0 Å². The molecule has 25 heavy (non-hydrogen) atoms. The van der Waals surface area contributed by atoms with Crippen molar-refractivity contribution in [2.24, 2.45) is 4.99 Å². The smallest absolute Gasteiger partial charge is 0.252 e. The average Bonchev–Trinajstić information content (AvgIpc) is 3.16. The Kier molecular flexibility index (Phi) is 5.14. The van der Waals surface area contributed by atoms with Crippen LogP contribution in [0.1, 0.15) is 11.1 Å². The molecule has 2 aromatic carbocycles. The number of benzene rings is 2. The molecule has 128 valence electrons. The van der Waals surface area contributed by atoms with Gasteiger partial charge in [0.1, 0.15) is 5.84 Å². The Morgan fingerprint density at radius 3 is 2.56 bits per heavy atom. The number of hydrogen-bond donors (Lipinski definition) is 0. The average molecular weight is 336 g/mol. The predicted molar refractivity (Wildman–Crippen MR) is 98.1 cm³/mol. The van der Waals surface area contributed by atoms with Crippen molar-refractivity contribution in [1.29, 1.82) is 0 Å². The summed E-state index contributed by atoms with van der Waals surface area (Å²) in [7, 11) is 3.18. The highest BCUT2D eigenvalue weighted by atomic mass is 16.5.